The van der Waals surface area contributed by atoms with E-state index in [1.165, 1.54) is 0 Å². The van der Waals surface area contributed by atoms with E-state index in [1.54, 1.807) is 14.0 Å². The second-order valence-corrected chi connectivity index (χ2v) is 3.63. The first kappa shape index (κ1) is 18.1. The first-order valence-corrected chi connectivity index (χ1v) is 6.07. The predicted octanol–water partition coefficient (Wildman–Crippen LogP) is 1.09. The molecule has 7 nitrogen and oxygen atoms in total. The number of nitrogens with zero attached hydrogens (tertiary/aromatic N) is 3. The first-order chi connectivity index (χ1) is 8.76. The van der Waals surface area contributed by atoms with Gasteiger partial charge in [0, 0.05) is 33.7 Å². The Kier molecular flexibility index (Phi) is 10.5. The van der Waals surface area contributed by atoms with E-state index >= 15 is 0 Å². The maximum absolute atomic E-state index is 5.25. The molecule has 8 heteroatoms. The van der Waals surface area contributed by atoms with Gasteiger partial charge < -0.3 is 19.9 Å². The van der Waals surface area contributed by atoms with E-state index < -0.39 is 0 Å². The lowest BCUT2D eigenvalue weighted by molar-refractivity contribution is 0.145. The van der Waals surface area contributed by atoms with Gasteiger partial charge in [0.1, 0.15) is 0 Å². The summed E-state index contributed by atoms with van der Waals surface area (Å²) in [5.41, 5.74) is 0. The van der Waals surface area contributed by atoms with E-state index in [1.807, 2.05) is 6.92 Å². The van der Waals surface area contributed by atoms with Crippen LogP contribution in [0.5, 0.6) is 0 Å². The fourth-order valence-corrected chi connectivity index (χ4v) is 1.32. The number of hydrogen-bond donors (Lipinski definition) is 2. The van der Waals surface area contributed by atoms with Gasteiger partial charge in [-0.25, -0.2) is 0 Å². The average Bonchev–Trinajstić information content (AvgIpc) is 2.78. The maximum Gasteiger partial charge on any atom is 0.223 e. The van der Waals surface area contributed by atoms with Gasteiger partial charge in [-0.15, -0.1) is 24.0 Å². The number of aliphatic imine (C=N–C) groups is 1. The molecule has 0 radical (unpaired) electrons. The second kappa shape index (κ2) is 11.0. The van der Waals surface area contributed by atoms with Crippen LogP contribution >= 0.6 is 24.0 Å². The van der Waals surface area contributed by atoms with E-state index in [9.17, 15) is 0 Å². The number of aromatic nitrogens is 2. The third-order valence-corrected chi connectivity index (χ3v) is 2.17. The van der Waals surface area contributed by atoms with Gasteiger partial charge in [0.05, 0.1) is 6.54 Å². The molecule has 2 N–H and O–H groups in total. The highest BCUT2D eigenvalue weighted by atomic mass is 127. The Bertz CT molecular complexity index is 370. The molecule has 1 rings (SSSR count). The highest BCUT2D eigenvalue weighted by molar-refractivity contribution is 14.0. The van der Waals surface area contributed by atoms with Crippen molar-refractivity contribution in [3.8, 4) is 0 Å². The number of aryl methyl sites for hydroxylation is 1. The molecule has 0 atom stereocenters. The fourth-order valence-electron chi connectivity index (χ4n) is 1.32. The van der Waals surface area contributed by atoms with Crippen LogP contribution in [-0.4, -0.2) is 42.9 Å². The van der Waals surface area contributed by atoms with Crippen molar-refractivity contribution in [3.63, 3.8) is 0 Å². The summed E-state index contributed by atoms with van der Waals surface area (Å²) in [6.07, 6.45) is 0.940. The molecule has 19 heavy (non-hydrogen) atoms. The van der Waals surface area contributed by atoms with Crippen LogP contribution in [0.25, 0.3) is 0 Å². The van der Waals surface area contributed by atoms with Gasteiger partial charge in [-0.2, -0.15) is 4.98 Å². The molecule has 110 valence electrons. The van der Waals surface area contributed by atoms with Gasteiger partial charge in [0.25, 0.3) is 0 Å². The number of nitrogens with one attached hydrogen (secondary N) is 2. The SMILES string of the molecule is CCOCCCNC(=NC)NCc1noc(C)n1.I. The van der Waals surface area contributed by atoms with Crippen LogP contribution in [0.15, 0.2) is 9.52 Å². The lowest BCUT2D eigenvalue weighted by atomic mass is 10.4. The van der Waals surface area contributed by atoms with Crippen molar-refractivity contribution < 1.29 is 9.26 Å². The van der Waals surface area contributed by atoms with Crippen molar-refractivity contribution in [1.82, 2.24) is 20.8 Å². The van der Waals surface area contributed by atoms with E-state index in [0.717, 1.165) is 26.2 Å². The molecule has 0 spiro atoms. The molecule has 1 aromatic rings. The molecule has 1 aromatic heterocycles. The molecule has 0 unspecified atom stereocenters. The molecule has 1 heterocycles. The van der Waals surface area contributed by atoms with Gasteiger partial charge in [0.15, 0.2) is 11.8 Å². The first-order valence-electron chi connectivity index (χ1n) is 6.07. The van der Waals surface area contributed by atoms with Crippen LogP contribution in [0, 0.1) is 6.92 Å². The van der Waals surface area contributed by atoms with Crippen molar-refractivity contribution in [2.75, 3.05) is 26.8 Å². The molecule has 0 aliphatic carbocycles. The van der Waals surface area contributed by atoms with Gasteiger partial charge in [-0.05, 0) is 13.3 Å². The van der Waals surface area contributed by atoms with Crippen molar-refractivity contribution in [2.45, 2.75) is 26.8 Å². The summed E-state index contributed by atoms with van der Waals surface area (Å²) in [4.78, 5) is 8.19. The Morgan fingerprint density at radius 2 is 2.21 bits per heavy atom. The number of ether oxygens (including phenoxy) is 1. The van der Waals surface area contributed by atoms with Crippen LogP contribution in [0.4, 0.5) is 0 Å². The summed E-state index contributed by atoms with van der Waals surface area (Å²) in [6, 6.07) is 0. The third kappa shape index (κ3) is 7.98. The minimum atomic E-state index is 0. The fraction of sp³-hybridized carbons (Fsp3) is 0.727. The molecule has 0 saturated heterocycles. The zero-order chi connectivity index (χ0) is 13.2. The van der Waals surface area contributed by atoms with E-state index in [2.05, 4.69) is 25.8 Å². The normalized spacial score (nSPS) is 11.0. The minimum absolute atomic E-state index is 0. The van der Waals surface area contributed by atoms with Gasteiger partial charge >= 0.3 is 0 Å². The Hall–Kier alpha value is -0.900. The van der Waals surface area contributed by atoms with Gasteiger partial charge in [-0.3, -0.25) is 4.99 Å². The Balaban J connectivity index is 0.00000324. The lowest BCUT2D eigenvalue weighted by Crippen LogP contribution is -2.37. The maximum atomic E-state index is 5.25. The van der Waals surface area contributed by atoms with Crippen LogP contribution in [0.2, 0.25) is 0 Å². The smallest absolute Gasteiger partial charge is 0.223 e. The van der Waals surface area contributed by atoms with Crippen LogP contribution in [-0.2, 0) is 11.3 Å². The minimum Gasteiger partial charge on any atom is -0.382 e. The molecule has 0 saturated carbocycles. The summed E-state index contributed by atoms with van der Waals surface area (Å²) in [5.74, 6) is 1.89. The summed E-state index contributed by atoms with van der Waals surface area (Å²) in [6.45, 7) is 6.56. The Morgan fingerprint density at radius 3 is 2.79 bits per heavy atom. The third-order valence-electron chi connectivity index (χ3n) is 2.17. The molecule has 0 aliphatic rings. The van der Waals surface area contributed by atoms with Crippen molar-refractivity contribution in [3.05, 3.63) is 11.7 Å². The monoisotopic (exact) mass is 383 g/mol. The van der Waals surface area contributed by atoms with Gasteiger partial charge in [-0.1, -0.05) is 5.16 Å². The summed E-state index contributed by atoms with van der Waals surface area (Å²) in [5, 5.41) is 10.1. The topological polar surface area (TPSA) is 84.6 Å². The van der Waals surface area contributed by atoms with Gasteiger partial charge in [0.2, 0.25) is 5.89 Å². The molecule has 0 bridgehead atoms. The highest BCUT2D eigenvalue weighted by Gasteiger charge is 2.03. The van der Waals surface area contributed by atoms with E-state index in [4.69, 9.17) is 9.26 Å². The second-order valence-electron chi connectivity index (χ2n) is 3.63. The lowest BCUT2D eigenvalue weighted by Gasteiger charge is -2.10. The number of halogens is 1. The molecule has 0 aliphatic heterocycles. The van der Waals surface area contributed by atoms with E-state index in [0.29, 0.717) is 24.2 Å². The van der Waals surface area contributed by atoms with E-state index in [-0.39, 0.29) is 24.0 Å². The van der Waals surface area contributed by atoms with Crippen molar-refractivity contribution in [2.24, 2.45) is 4.99 Å². The van der Waals surface area contributed by atoms with Crippen molar-refractivity contribution >= 4 is 29.9 Å². The standard InChI is InChI=1S/C11H21N5O2.HI/c1-4-17-7-5-6-13-11(12-3)14-8-10-15-9(2)18-16-10;/h4-8H2,1-3H3,(H2,12,13,14);1H. The summed E-state index contributed by atoms with van der Waals surface area (Å²) < 4.78 is 10.1. The van der Waals surface area contributed by atoms with Crippen molar-refractivity contribution in [1.29, 1.82) is 0 Å². The number of hydrogen-bond acceptors (Lipinski definition) is 5. The molecule has 0 fully saturated rings. The predicted molar refractivity (Wildman–Crippen MR) is 83.8 cm³/mol. The number of guanidine groups is 1. The molecular formula is C11H22IN5O2. The van der Waals surface area contributed by atoms with Crippen LogP contribution < -0.4 is 10.6 Å². The highest BCUT2D eigenvalue weighted by Crippen LogP contribution is 1.93. The summed E-state index contributed by atoms with van der Waals surface area (Å²) >= 11 is 0. The zero-order valence-electron chi connectivity index (χ0n) is 11.6. The van der Waals surface area contributed by atoms with Crippen LogP contribution in [0.1, 0.15) is 25.1 Å². The quantitative estimate of drug-likeness (QED) is 0.317. The molecular weight excluding hydrogens is 361 g/mol. The summed E-state index contributed by atoms with van der Waals surface area (Å²) in [7, 11) is 1.72. The van der Waals surface area contributed by atoms with Crippen LogP contribution in [0.3, 0.4) is 0 Å². The molecule has 0 amide bonds. The average molecular weight is 383 g/mol. The molecule has 0 aromatic carbocycles. The Morgan fingerprint density at radius 1 is 1.42 bits per heavy atom. The number of rotatable bonds is 7. The largest absolute Gasteiger partial charge is 0.382 e. The Labute approximate surface area is 130 Å². The zero-order valence-corrected chi connectivity index (χ0v) is 13.9.